The molecule has 1 aliphatic rings. The zero-order chi connectivity index (χ0) is 14.5. The number of benzene rings is 1. The maximum absolute atomic E-state index is 13.6. The smallest absolute Gasteiger partial charge is 0.248 e. The fourth-order valence-electron chi connectivity index (χ4n) is 2.25. The Labute approximate surface area is 116 Å². The predicted octanol–water partition coefficient (Wildman–Crippen LogP) is 0.637. The van der Waals surface area contributed by atoms with E-state index in [4.69, 9.17) is 5.73 Å². The lowest BCUT2D eigenvalue weighted by Gasteiger charge is -2.15. The number of rotatable bonds is 5. The van der Waals surface area contributed by atoms with Gasteiger partial charge in [-0.3, -0.25) is 9.59 Å². The fourth-order valence-corrected chi connectivity index (χ4v) is 2.25. The van der Waals surface area contributed by atoms with Crippen LogP contribution in [0.2, 0.25) is 0 Å². The second-order valence-electron chi connectivity index (χ2n) is 4.86. The van der Waals surface area contributed by atoms with Crippen LogP contribution in [0.15, 0.2) is 18.2 Å². The molecule has 0 aromatic heterocycles. The number of carbonyl (C=O) groups excluding carboxylic acids is 2. The molecule has 1 saturated heterocycles. The molecular formula is C14H18FN3O2. The van der Waals surface area contributed by atoms with Crippen LogP contribution < -0.4 is 11.1 Å². The summed E-state index contributed by atoms with van der Waals surface area (Å²) in [6.07, 6.45) is 2.09. The van der Waals surface area contributed by atoms with Crippen molar-refractivity contribution in [2.75, 3.05) is 19.6 Å². The van der Waals surface area contributed by atoms with Gasteiger partial charge in [0.25, 0.3) is 0 Å². The van der Waals surface area contributed by atoms with Crippen molar-refractivity contribution in [2.45, 2.75) is 19.4 Å². The number of likely N-dealkylation sites (tertiary alicyclic amines) is 1. The first-order valence-electron chi connectivity index (χ1n) is 6.64. The van der Waals surface area contributed by atoms with E-state index in [-0.39, 0.29) is 24.6 Å². The maximum Gasteiger partial charge on any atom is 0.248 e. The van der Waals surface area contributed by atoms with Gasteiger partial charge in [0.05, 0.1) is 6.54 Å². The van der Waals surface area contributed by atoms with Gasteiger partial charge >= 0.3 is 0 Å². The minimum atomic E-state index is -0.598. The Morgan fingerprint density at radius 2 is 2.00 bits per heavy atom. The van der Waals surface area contributed by atoms with Crippen molar-refractivity contribution < 1.29 is 14.0 Å². The molecule has 1 aromatic rings. The number of amides is 2. The van der Waals surface area contributed by atoms with Gasteiger partial charge in [-0.1, -0.05) is 0 Å². The van der Waals surface area contributed by atoms with Crippen LogP contribution in [-0.2, 0) is 11.3 Å². The minimum absolute atomic E-state index is 0.0222. The number of nitrogens with two attached hydrogens (primary N) is 1. The predicted molar refractivity (Wildman–Crippen MR) is 72.4 cm³/mol. The first-order valence-corrected chi connectivity index (χ1v) is 6.64. The third-order valence-electron chi connectivity index (χ3n) is 3.38. The van der Waals surface area contributed by atoms with Crippen LogP contribution in [0.25, 0.3) is 0 Å². The van der Waals surface area contributed by atoms with Gasteiger partial charge in [-0.25, -0.2) is 4.39 Å². The van der Waals surface area contributed by atoms with E-state index in [1.54, 1.807) is 4.90 Å². The number of hydrogen-bond donors (Lipinski definition) is 2. The Kier molecular flexibility index (Phi) is 4.68. The molecule has 0 radical (unpaired) electrons. The van der Waals surface area contributed by atoms with Gasteiger partial charge in [0.2, 0.25) is 11.8 Å². The Morgan fingerprint density at radius 3 is 2.65 bits per heavy atom. The molecule has 108 valence electrons. The number of hydrogen-bond acceptors (Lipinski definition) is 3. The van der Waals surface area contributed by atoms with Crippen molar-refractivity contribution in [3.05, 3.63) is 35.1 Å². The van der Waals surface area contributed by atoms with Gasteiger partial charge in [-0.05, 0) is 31.0 Å². The first-order chi connectivity index (χ1) is 9.58. The van der Waals surface area contributed by atoms with E-state index >= 15 is 0 Å². The summed E-state index contributed by atoms with van der Waals surface area (Å²) < 4.78 is 13.6. The zero-order valence-electron chi connectivity index (χ0n) is 11.2. The first kappa shape index (κ1) is 14.5. The van der Waals surface area contributed by atoms with Crippen LogP contribution in [0, 0.1) is 5.82 Å². The van der Waals surface area contributed by atoms with Crippen molar-refractivity contribution >= 4 is 11.8 Å². The molecule has 3 N–H and O–H groups in total. The number of primary amides is 1. The molecule has 2 amide bonds. The standard InChI is InChI=1S/C14H18FN3O2/c15-12-4-3-10(14(16)20)7-11(12)8-17-9-13(19)18-5-1-2-6-18/h3-4,7,17H,1-2,5-6,8-9H2,(H2,16,20). The van der Waals surface area contributed by atoms with Crippen molar-refractivity contribution in [1.29, 1.82) is 0 Å². The largest absolute Gasteiger partial charge is 0.366 e. The van der Waals surface area contributed by atoms with Crippen LogP contribution in [0.1, 0.15) is 28.8 Å². The average Bonchev–Trinajstić information content (AvgIpc) is 2.94. The summed E-state index contributed by atoms with van der Waals surface area (Å²) in [6.45, 7) is 1.95. The second-order valence-corrected chi connectivity index (χ2v) is 4.86. The monoisotopic (exact) mass is 279 g/mol. The van der Waals surface area contributed by atoms with E-state index in [9.17, 15) is 14.0 Å². The lowest BCUT2D eigenvalue weighted by Crippen LogP contribution is -2.36. The molecule has 1 heterocycles. The SMILES string of the molecule is NC(=O)c1ccc(F)c(CNCC(=O)N2CCCC2)c1. The van der Waals surface area contributed by atoms with Crippen molar-refractivity contribution in [3.63, 3.8) is 0 Å². The van der Waals surface area contributed by atoms with E-state index in [1.807, 2.05) is 0 Å². The third kappa shape index (κ3) is 3.54. The van der Waals surface area contributed by atoms with Gasteiger partial charge in [-0.15, -0.1) is 0 Å². The van der Waals surface area contributed by atoms with Crippen molar-refractivity contribution in [2.24, 2.45) is 5.73 Å². The Balaban J connectivity index is 1.88. The van der Waals surface area contributed by atoms with E-state index in [0.29, 0.717) is 5.56 Å². The molecule has 1 aromatic carbocycles. The minimum Gasteiger partial charge on any atom is -0.366 e. The highest BCUT2D eigenvalue weighted by molar-refractivity contribution is 5.92. The van der Waals surface area contributed by atoms with Crippen LogP contribution in [0.4, 0.5) is 4.39 Å². The fraction of sp³-hybridized carbons (Fsp3) is 0.429. The molecule has 1 fully saturated rings. The molecule has 0 unspecified atom stereocenters. The molecule has 6 heteroatoms. The van der Waals surface area contributed by atoms with Crippen LogP contribution in [0.5, 0.6) is 0 Å². The number of nitrogens with one attached hydrogen (secondary N) is 1. The van der Waals surface area contributed by atoms with Gasteiger partial charge in [0.15, 0.2) is 0 Å². The van der Waals surface area contributed by atoms with Gasteiger partial charge in [0.1, 0.15) is 5.82 Å². The summed E-state index contributed by atoms with van der Waals surface area (Å²) in [5.74, 6) is -0.996. The molecule has 0 saturated carbocycles. The van der Waals surface area contributed by atoms with Crippen LogP contribution in [-0.4, -0.2) is 36.3 Å². The zero-order valence-corrected chi connectivity index (χ0v) is 11.2. The van der Waals surface area contributed by atoms with E-state index in [2.05, 4.69) is 5.32 Å². The molecule has 5 nitrogen and oxygen atoms in total. The van der Waals surface area contributed by atoms with Crippen molar-refractivity contribution in [1.82, 2.24) is 10.2 Å². The van der Waals surface area contributed by atoms with E-state index in [0.717, 1.165) is 25.9 Å². The van der Waals surface area contributed by atoms with Crippen molar-refractivity contribution in [3.8, 4) is 0 Å². The summed E-state index contributed by atoms with van der Waals surface area (Å²) in [6, 6.07) is 3.96. The molecule has 0 bridgehead atoms. The number of halogens is 1. The summed E-state index contributed by atoms with van der Waals surface area (Å²) in [5.41, 5.74) is 5.74. The van der Waals surface area contributed by atoms with E-state index < -0.39 is 11.7 Å². The molecule has 0 aliphatic carbocycles. The maximum atomic E-state index is 13.6. The Bertz CT molecular complexity index is 513. The van der Waals surface area contributed by atoms with Gasteiger partial charge in [-0.2, -0.15) is 0 Å². The third-order valence-corrected chi connectivity index (χ3v) is 3.38. The highest BCUT2D eigenvalue weighted by Gasteiger charge is 2.17. The number of carbonyl (C=O) groups is 2. The summed E-state index contributed by atoms with van der Waals surface area (Å²) in [4.78, 5) is 24.6. The van der Waals surface area contributed by atoms with Crippen LogP contribution in [0.3, 0.4) is 0 Å². The highest BCUT2D eigenvalue weighted by atomic mass is 19.1. The lowest BCUT2D eigenvalue weighted by atomic mass is 10.1. The normalized spacial score (nSPS) is 14.6. The van der Waals surface area contributed by atoms with Gasteiger partial charge < -0.3 is 16.0 Å². The molecular weight excluding hydrogens is 261 g/mol. The summed E-state index contributed by atoms with van der Waals surface area (Å²) >= 11 is 0. The second kappa shape index (κ2) is 6.47. The topological polar surface area (TPSA) is 75.4 Å². The van der Waals surface area contributed by atoms with Gasteiger partial charge in [0, 0.05) is 30.8 Å². The Hall–Kier alpha value is -1.95. The summed E-state index contributed by atoms with van der Waals surface area (Å²) in [7, 11) is 0. The average molecular weight is 279 g/mol. The summed E-state index contributed by atoms with van der Waals surface area (Å²) in [5, 5.41) is 2.90. The molecule has 0 spiro atoms. The molecule has 1 aliphatic heterocycles. The van der Waals surface area contributed by atoms with Crippen LogP contribution >= 0.6 is 0 Å². The highest BCUT2D eigenvalue weighted by Crippen LogP contribution is 2.10. The molecule has 0 atom stereocenters. The quantitative estimate of drug-likeness (QED) is 0.830. The lowest BCUT2D eigenvalue weighted by molar-refractivity contribution is -0.129. The number of nitrogens with zero attached hydrogens (tertiary/aromatic N) is 1. The molecule has 20 heavy (non-hydrogen) atoms. The van der Waals surface area contributed by atoms with E-state index in [1.165, 1.54) is 18.2 Å². The molecule has 2 rings (SSSR count). The Morgan fingerprint density at radius 1 is 1.30 bits per heavy atom.